The molecule has 0 atom stereocenters. The SMILES string of the molecule is O=C(Nc1ccc2cc(Br)ccc2c1)C1CCCCCC1. The minimum absolute atomic E-state index is 0.188. The number of nitrogens with one attached hydrogen (secondary N) is 1. The standard InChI is InChI=1S/C18H20BrNO/c19-16-9-7-15-12-17(10-8-14(15)11-16)20-18(21)13-5-3-1-2-4-6-13/h7-13H,1-6H2,(H,20,21). The van der Waals surface area contributed by atoms with Crippen LogP contribution in [-0.4, -0.2) is 5.91 Å². The summed E-state index contributed by atoms with van der Waals surface area (Å²) in [4.78, 5) is 12.4. The molecule has 0 aromatic heterocycles. The third-order valence-electron chi connectivity index (χ3n) is 4.30. The summed E-state index contributed by atoms with van der Waals surface area (Å²) in [6, 6.07) is 12.3. The fourth-order valence-corrected chi connectivity index (χ4v) is 3.46. The number of hydrogen-bond donors (Lipinski definition) is 1. The molecule has 0 spiro atoms. The molecule has 0 heterocycles. The number of hydrogen-bond acceptors (Lipinski definition) is 1. The van der Waals surface area contributed by atoms with Gasteiger partial charge in [0.15, 0.2) is 0 Å². The van der Waals surface area contributed by atoms with Gasteiger partial charge in [0.25, 0.3) is 0 Å². The van der Waals surface area contributed by atoms with Gasteiger partial charge in [-0.2, -0.15) is 0 Å². The predicted octanol–water partition coefficient (Wildman–Crippen LogP) is 5.51. The molecule has 1 saturated carbocycles. The van der Waals surface area contributed by atoms with Crippen LogP contribution in [0.5, 0.6) is 0 Å². The maximum atomic E-state index is 12.4. The van der Waals surface area contributed by atoms with Crippen molar-refractivity contribution in [2.75, 3.05) is 5.32 Å². The molecule has 2 aromatic rings. The van der Waals surface area contributed by atoms with Gasteiger partial charge in [-0.05, 0) is 47.9 Å². The highest BCUT2D eigenvalue weighted by molar-refractivity contribution is 9.10. The number of benzene rings is 2. The second kappa shape index (κ2) is 6.61. The van der Waals surface area contributed by atoms with E-state index in [1.165, 1.54) is 31.1 Å². The lowest BCUT2D eigenvalue weighted by molar-refractivity contribution is -0.120. The molecule has 3 rings (SSSR count). The first-order valence-corrected chi connectivity index (χ1v) is 8.52. The van der Waals surface area contributed by atoms with Crippen LogP contribution in [0, 0.1) is 5.92 Å². The number of rotatable bonds is 2. The number of amides is 1. The van der Waals surface area contributed by atoms with Crippen molar-refractivity contribution in [3.05, 3.63) is 40.9 Å². The van der Waals surface area contributed by atoms with Crippen molar-refractivity contribution < 1.29 is 4.79 Å². The lowest BCUT2D eigenvalue weighted by Crippen LogP contribution is -2.22. The van der Waals surface area contributed by atoms with Gasteiger partial charge < -0.3 is 5.32 Å². The second-order valence-corrected chi connectivity index (χ2v) is 6.80. The van der Waals surface area contributed by atoms with Gasteiger partial charge in [0.2, 0.25) is 5.91 Å². The molecule has 0 aliphatic heterocycles. The van der Waals surface area contributed by atoms with E-state index in [4.69, 9.17) is 0 Å². The van der Waals surface area contributed by atoms with Crippen molar-refractivity contribution in [1.29, 1.82) is 0 Å². The Bertz CT molecular complexity index is 645. The Kier molecular flexibility index (Phi) is 4.59. The first-order chi connectivity index (χ1) is 10.2. The molecule has 3 heteroatoms. The summed E-state index contributed by atoms with van der Waals surface area (Å²) in [5, 5.41) is 5.42. The molecular weight excluding hydrogens is 326 g/mol. The first-order valence-electron chi connectivity index (χ1n) is 7.72. The van der Waals surface area contributed by atoms with Crippen molar-refractivity contribution in [1.82, 2.24) is 0 Å². The molecule has 21 heavy (non-hydrogen) atoms. The highest BCUT2D eigenvalue weighted by Crippen LogP contribution is 2.26. The normalized spacial score (nSPS) is 16.6. The quantitative estimate of drug-likeness (QED) is 0.714. The molecule has 0 bridgehead atoms. The van der Waals surface area contributed by atoms with Crippen LogP contribution in [0.25, 0.3) is 10.8 Å². The van der Waals surface area contributed by atoms with Gasteiger partial charge in [0.05, 0.1) is 0 Å². The van der Waals surface area contributed by atoms with Crippen molar-refractivity contribution in [3.8, 4) is 0 Å². The maximum absolute atomic E-state index is 12.4. The van der Waals surface area contributed by atoms with Gasteiger partial charge in [0, 0.05) is 16.1 Å². The molecule has 0 unspecified atom stereocenters. The lowest BCUT2D eigenvalue weighted by Gasteiger charge is -2.14. The smallest absolute Gasteiger partial charge is 0.227 e. The molecular formula is C18H20BrNO. The Morgan fingerprint density at radius 2 is 1.62 bits per heavy atom. The summed E-state index contributed by atoms with van der Waals surface area (Å²) in [5.41, 5.74) is 0.902. The van der Waals surface area contributed by atoms with Crippen LogP contribution in [0.3, 0.4) is 0 Å². The van der Waals surface area contributed by atoms with Gasteiger partial charge in [-0.15, -0.1) is 0 Å². The highest BCUT2D eigenvalue weighted by atomic mass is 79.9. The first kappa shape index (κ1) is 14.6. The fraction of sp³-hybridized carbons (Fsp3) is 0.389. The summed E-state index contributed by atoms with van der Waals surface area (Å²) in [5.74, 6) is 0.376. The minimum Gasteiger partial charge on any atom is -0.326 e. The number of halogens is 1. The van der Waals surface area contributed by atoms with Crippen molar-refractivity contribution in [2.45, 2.75) is 38.5 Å². The summed E-state index contributed by atoms with van der Waals surface area (Å²) >= 11 is 3.48. The van der Waals surface area contributed by atoms with E-state index in [2.05, 4.69) is 45.5 Å². The van der Waals surface area contributed by atoms with Crippen LogP contribution < -0.4 is 5.32 Å². The van der Waals surface area contributed by atoms with E-state index in [0.29, 0.717) is 0 Å². The lowest BCUT2D eigenvalue weighted by atomic mass is 9.99. The molecule has 1 amide bonds. The summed E-state index contributed by atoms with van der Waals surface area (Å²) in [6.45, 7) is 0. The molecule has 2 nitrogen and oxygen atoms in total. The summed E-state index contributed by atoms with van der Waals surface area (Å²) < 4.78 is 1.07. The second-order valence-electron chi connectivity index (χ2n) is 5.88. The van der Waals surface area contributed by atoms with Crippen LogP contribution >= 0.6 is 15.9 Å². The third kappa shape index (κ3) is 3.65. The van der Waals surface area contributed by atoms with E-state index in [1.54, 1.807) is 0 Å². The van der Waals surface area contributed by atoms with Crippen molar-refractivity contribution >= 4 is 38.3 Å². The van der Waals surface area contributed by atoms with Crippen molar-refractivity contribution in [2.24, 2.45) is 5.92 Å². The fourth-order valence-electron chi connectivity index (χ4n) is 3.08. The molecule has 0 radical (unpaired) electrons. The molecule has 1 N–H and O–H groups in total. The van der Waals surface area contributed by atoms with E-state index < -0.39 is 0 Å². The average molecular weight is 346 g/mol. The molecule has 2 aromatic carbocycles. The van der Waals surface area contributed by atoms with Gasteiger partial charge in [0.1, 0.15) is 0 Å². The number of carbonyl (C=O) groups is 1. The topological polar surface area (TPSA) is 29.1 Å². The third-order valence-corrected chi connectivity index (χ3v) is 4.79. The van der Waals surface area contributed by atoms with Gasteiger partial charge in [-0.25, -0.2) is 0 Å². The summed E-state index contributed by atoms with van der Waals surface area (Å²) in [6.07, 6.45) is 6.98. The zero-order valence-corrected chi connectivity index (χ0v) is 13.7. The van der Waals surface area contributed by atoms with Crippen LogP contribution in [0.4, 0.5) is 5.69 Å². The van der Waals surface area contributed by atoms with E-state index in [0.717, 1.165) is 28.4 Å². The average Bonchev–Trinajstić information content (AvgIpc) is 2.76. The van der Waals surface area contributed by atoms with E-state index in [1.807, 2.05) is 12.1 Å². The number of anilines is 1. The largest absolute Gasteiger partial charge is 0.326 e. The molecule has 1 fully saturated rings. The van der Waals surface area contributed by atoms with Gasteiger partial charge in [-0.3, -0.25) is 4.79 Å². The Labute approximate surface area is 134 Å². The maximum Gasteiger partial charge on any atom is 0.227 e. The highest BCUT2D eigenvalue weighted by Gasteiger charge is 2.19. The predicted molar refractivity (Wildman–Crippen MR) is 91.5 cm³/mol. The Balaban J connectivity index is 1.74. The Hall–Kier alpha value is -1.35. The van der Waals surface area contributed by atoms with Crippen LogP contribution in [0.2, 0.25) is 0 Å². The summed E-state index contributed by atoms with van der Waals surface area (Å²) in [7, 11) is 0. The molecule has 1 aliphatic rings. The zero-order valence-electron chi connectivity index (χ0n) is 12.1. The van der Waals surface area contributed by atoms with Crippen LogP contribution in [0.15, 0.2) is 40.9 Å². The van der Waals surface area contributed by atoms with E-state index in [9.17, 15) is 4.79 Å². The van der Waals surface area contributed by atoms with Crippen molar-refractivity contribution in [3.63, 3.8) is 0 Å². The Morgan fingerprint density at radius 1 is 0.952 bits per heavy atom. The monoisotopic (exact) mass is 345 g/mol. The number of carbonyl (C=O) groups excluding carboxylic acids is 1. The number of fused-ring (bicyclic) bond motifs is 1. The van der Waals surface area contributed by atoms with Crippen LogP contribution in [0.1, 0.15) is 38.5 Å². The van der Waals surface area contributed by atoms with Crippen LogP contribution in [-0.2, 0) is 4.79 Å². The Morgan fingerprint density at radius 3 is 2.38 bits per heavy atom. The minimum atomic E-state index is 0.188. The van der Waals surface area contributed by atoms with E-state index >= 15 is 0 Å². The molecule has 1 aliphatic carbocycles. The van der Waals surface area contributed by atoms with E-state index in [-0.39, 0.29) is 11.8 Å². The molecule has 110 valence electrons. The van der Waals surface area contributed by atoms with Gasteiger partial charge >= 0.3 is 0 Å². The zero-order chi connectivity index (χ0) is 14.7. The van der Waals surface area contributed by atoms with Gasteiger partial charge in [-0.1, -0.05) is 53.7 Å². The molecule has 0 saturated heterocycles.